The van der Waals surface area contributed by atoms with Gasteiger partial charge in [0.05, 0.1) is 0 Å². The lowest BCUT2D eigenvalue weighted by Crippen LogP contribution is -2.44. The van der Waals surface area contributed by atoms with E-state index in [1.807, 2.05) is 0 Å². The standard InChI is InChI=1S/C14H25BO2/c1-4-13(12-8-6-5-7-9-12)15-16-10-14(2,3)11-17-15/h4,12-13H,1,5-11H2,2-3H3/t13-/m1/s1. The Hall–Kier alpha value is -0.275. The summed E-state index contributed by atoms with van der Waals surface area (Å²) in [4.78, 5) is 0. The molecule has 0 N–H and O–H groups in total. The molecule has 0 radical (unpaired) electrons. The predicted octanol–water partition coefficient (Wildman–Crippen LogP) is 3.68. The maximum absolute atomic E-state index is 5.91. The fraction of sp³-hybridized carbons (Fsp3) is 0.857. The van der Waals surface area contributed by atoms with Gasteiger partial charge < -0.3 is 9.31 Å². The van der Waals surface area contributed by atoms with E-state index in [-0.39, 0.29) is 12.5 Å². The highest BCUT2D eigenvalue weighted by atomic mass is 16.6. The summed E-state index contributed by atoms with van der Waals surface area (Å²) in [6.07, 6.45) is 8.77. The number of hydrogen-bond donors (Lipinski definition) is 0. The zero-order valence-electron chi connectivity index (χ0n) is 11.3. The van der Waals surface area contributed by atoms with E-state index in [1.165, 1.54) is 32.1 Å². The molecule has 1 saturated carbocycles. The molecule has 3 heteroatoms. The second kappa shape index (κ2) is 5.58. The largest absolute Gasteiger partial charge is 0.464 e. The zero-order valence-corrected chi connectivity index (χ0v) is 11.3. The van der Waals surface area contributed by atoms with Crippen LogP contribution in [0.15, 0.2) is 12.7 Å². The Kier molecular flexibility index (Phi) is 4.32. The Labute approximate surface area is 106 Å². The van der Waals surface area contributed by atoms with Crippen LogP contribution >= 0.6 is 0 Å². The van der Waals surface area contributed by atoms with Crippen molar-refractivity contribution in [2.45, 2.75) is 51.8 Å². The Balaban J connectivity index is 1.92. The first-order valence-corrected chi connectivity index (χ1v) is 6.98. The molecule has 2 rings (SSSR count). The molecule has 0 aromatic rings. The molecule has 0 aromatic heterocycles. The van der Waals surface area contributed by atoms with Crippen molar-refractivity contribution < 1.29 is 9.31 Å². The number of allylic oxidation sites excluding steroid dienone is 1. The maximum Gasteiger partial charge on any atom is 0.464 e. The molecular formula is C14H25BO2. The topological polar surface area (TPSA) is 18.5 Å². The monoisotopic (exact) mass is 236 g/mol. The van der Waals surface area contributed by atoms with Crippen molar-refractivity contribution in [3.8, 4) is 0 Å². The van der Waals surface area contributed by atoms with Crippen LogP contribution in [0.25, 0.3) is 0 Å². The van der Waals surface area contributed by atoms with Gasteiger partial charge in [-0.1, -0.05) is 52.0 Å². The van der Waals surface area contributed by atoms with E-state index in [0.29, 0.717) is 11.7 Å². The third-order valence-corrected chi connectivity index (χ3v) is 4.06. The quantitative estimate of drug-likeness (QED) is 0.549. The van der Waals surface area contributed by atoms with Crippen LogP contribution < -0.4 is 0 Å². The lowest BCUT2D eigenvalue weighted by atomic mass is 9.60. The lowest BCUT2D eigenvalue weighted by molar-refractivity contribution is 0.0225. The predicted molar refractivity (Wildman–Crippen MR) is 72.0 cm³/mol. The average molecular weight is 236 g/mol. The minimum atomic E-state index is -0.0522. The van der Waals surface area contributed by atoms with Gasteiger partial charge >= 0.3 is 7.12 Å². The molecule has 0 bridgehead atoms. The lowest BCUT2D eigenvalue weighted by Gasteiger charge is -2.38. The first-order valence-electron chi connectivity index (χ1n) is 6.98. The van der Waals surface area contributed by atoms with Gasteiger partial charge in [-0.3, -0.25) is 0 Å². The molecular weight excluding hydrogens is 211 g/mol. The van der Waals surface area contributed by atoms with Crippen molar-refractivity contribution in [2.24, 2.45) is 11.3 Å². The van der Waals surface area contributed by atoms with Gasteiger partial charge in [0.15, 0.2) is 0 Å². The molecule has 0 spiro atoms. The van der Waals surface area contributed by atoms with E-state index in [0.717, 1.165) is 13.2 Å². The molecule has 2 fully saturated rings. The summed E-state index contributed by atoms with van der Waals surface area (Å²) >= 11 is 0. The highest BCUT2D eigenvalue weighted by Gasteiger charge is 2.40. The van der Waals surface area contributed by atoms with E-state index in [1.54, 1.807) is 0 Å². The Morgan fingerprint density at radius 1 is 1.18 bits per heavy atom. The summed E-state index contributed by atoms with van der Waals surface area (Å²) in [5.41, 5.74) is 0.161. The fourth-order valence-electron chi connectivity index (χ4n) is 2.97. The molecule has 2 aliphatic rings. The Morgan fingerprint density at radius 2 is 1.76 bits per heavy atom. The van der Waals surface area contributed by atoms with Crippen molar-refractivity contribution in [1.82, 2.24) is 0 Å². The number of rotatable bonds is 3. The summed E-state index contributed by atoms with van der Waals surface area (Å²) in [6, 6.07) is 0. The van der Waals surface area contributed by atoms with Gasteiger partial charge in [0, 0.05) is 24.4 Å². The van der Waals surface area contributed by atoms with Gasteiger partial charge in [-0.2, -0.15) is 0 Å². The summed E-state index contributed by atoms with van der Waals surface area (Å²) in [7, 11) is -0.0522. The van der Waals surface area contributed by atoms with E-state index in [9.17, 15) is 0 Å². The molecule has 0 aromatic carbocycles. The van der Waals surface area contributed by atoms with Crippen molar-refractivity contribution in [3.05, 3.63) is 12.7 Å². The summed E-state index contributed by atoms with van der Waals surface area (Å²) < 4.78 is 11.8. The van der Waals surface area contributed by atoms with Crippen LogP contribution in [0.2, 0.25) is 5.82 Å². The van der Waals surface area contributed by atoms with Gasteiger partial charge in [-0.25, -0.2) is 0 Å². The molecule has 1 aliphatic heterocycles. The molecule has 0 unspecified atom stereocenters. The summed E-state index contributed by atoms with van der Waals surface area (Å²) in [5.74, 6) is 1.10. The molecule has 17 heavy (non-hydrogen) atoms. The van der Waals surface area contributed by atoms with Crippen molar-refractivity contribution in [2.75, 3.05) is 13.2 Å². The van der Waals surface area contributed by atoms with Gasteiger partial charge in [-0.05, 0) is 5.92 Å². The second-order valence-corrected chi connectivity index (χ2v) is 6.37. The van der Waals surface area contributed by atoms with Gasteiger partial charge in [-0.15, -0.1) is 6.58 Å². The Morgan fingerprint density at radius 3 is 2.29 bits per heavy atom. The van der Waals surface area contributed by atoms with Crippen LogP contribution in [0.3, 0.4) is 0 Å². The average Bonchev–Trinajstić information content (AvgIpc) is 2.33. The minimum absolute atomic E-state index is 0.0522. The van der Waals surface area contributed by atoms with Crippen molar-refractivity contribution in [1.29, 1.82) is 0 Å². The third kappa shape index (κ3) is 3.35. The van der Waals surface area contributed by atoms with Gasteiger partial charge in [0.25, 0.3) is 0 Å². The van der Waals surface area contributed by atoms with Crippen LogP contribution in [0, 0.1) is 11.3 Å². The molecule has 1 aliphatic carbocycles. The van der Waals surface area contributed by atoms with Gasteiger partial charge in [0.1, 0.15) is 0 Å². The molecule has 0 amide bonds. The summed E-state index contributed by atoms with van der Waals surface area (Å²) in [5, 5.41) is 0. The summed E-state index contributed by atoms with van der Waals surface area (Å²) in [6.45, 7) is 9.96. The molecule has 2 nitrogen and oxygen atoms in total. The van der Waals surface area contributed by atoms with E-state index < -0.39 is 0 Å². The van der Waals surface area contributed by atoms with Crippen molar-refractivity contribution in [3.63, 3.8) is 0 Å². The first kappa shape index (κ1) is 13.2. The normalized spacial score (nSPS) is 27.8. The second-order valence-electron chi connectivity index (χ2n) is 6.37. The van der Waals surface area contributed by atoms with Crippen LogP contribution in [0.1, 0.15) is 46.0 Å². The minimum Gasteiger partial charge on any atom is -0.410 e. The molecule has 1 saturated heterocycles. The van der Waals surface area contributed by atoms with Crippen LogP contribution in [-0.4, -0.2) is 20.3 Å². The van der Waals surface area contributed by atoms with Crippen molar-refractivity contribution >= 4 is 7.12 Å². The van der Waals surface area contributed by atoms with E-state index in [2.05, 4.69) is 26.5 Å². The highest BCUT2D eigenvalue weighted by molar-refractivity contribution is 6.47. The molecule has 1 atom stereocenters. The van der Waals surface area contributed by atoms with E-state index in [4.69, 9.17) is 9.31 Å². The van der Waals surface area contributed by atoms with Crippen LogP contribution in [-0.2, 0) is 9.31 Å². The Bertz CT molecular complexity index is 249. The molecule has 96 valence electrons. The zero-order chi connectivity index (χ0) is 12.3. The van der Waals surface area contributed by atoms with Crippen LogP contribution in [0.4, 0.5) is 0 Å². The van der Waals surface area contributed by atoms with Gasteiger partial charge in [0.2, 0.25) is 0 Å². The third-order valence-electron chi connectivity index (χ3n) is 4.06. The molecule has 1 heterocycles. The fourth-order valence-corrected chi connectivity index (χ4v) is 2.97. The van der Waals surface area contributed by atoms with Crippen LogP contribution in [0.5, 0.6) is 0 Å². The first-order chi connectivity index (χ1) is 8.12. The smallest absolute Gasteiger partial charge is 0.410 e. The van der Waals surface area contributed by atoms with E-state index >= 15 is 0 Å². The maximum atomic E-state index is 5.91. The highest BCUT2D eigenvalue weighted by Crippen LogP contribution is 2.38. The number of hydrogen-bond acceptors (Lipinski definition) is 2. The SMILES string of the molecule is C=C[C@@H](B1OCC(C)(C)CO1)C1CCCCC1.